The Morgan fingerprint density at radius 1 is 0.909 bits per heavy atom. The molecule has 0 bridgehead atoms. The topological polar surface area (TPSA) is 64.5 Å². The van der Waals surface area contributed by atoms with Crippen molar-refractivity contribution in [2.75, 3.05) is 13.1 Å². The summed E-state index contributed by atoms with van der Waals surface area (Å²) in [4.78, 5) is 0. The van der Waals surface area contributed by atoms with Crippen molar-refractivity contribution in [3.63, 3.8) is 0 Å². The van der Waals surface area contributed by atoms with Gasteiger partial charge >= 0.3 is 0 Å². The van der Waals surface area contributed by atoms with Crippen molar-refractivity contribution in [2.45, 2.75) is 65.0 Å². The van der Waals surface area contributed by atoms with Crippen LogP contribution in [0.2, 0.25) is 0 Å². The molecule has 126 valence electrons. The van der Waals surface area contributed by atoms with Crippen LogP contribution in [-0.2, 0) is 5.41 Å². The van der Waals surface area contributed by atoms with Gasteiger partial charge in [-0.1, -0.05) is 26.8 Å². The molecule has 22 heavy (non-hydrogen) atoms. The smallest absolute Gasteiger partial charge is 0.157 e. The van der Waals surface area contributed by atoms with E-state index in [1.54, 1.807) is 6.07 Å². The number of hydrogen-bond donors (Lipinski definition) is 4. The number of benzene rings is 1. The van der Waals surface area contributed by atoms with Crippen LogP contribution in [0.1, 0.15) is 54.0 Å². The highest BCUT2D eigenvalue weighted by Crippen LogP contribution is 2.30. The van der Waals surface area contributed by atoms with Gasteiger partial charge in [-0.2, -0.15) is 0 Å². The molecule has 0 aromatic heterocycles. The molecule has 0 amide bonds. The first kappa shape index (κ1) is 18.8. The van der Waals surface area contributed by atoms with Gasteiger partial charge in [-0.05, 0) is 50.8 Å². The zero-order valence-corrected chi connectivity index (χ0v) is 15.0. The first-order valence-corrected chi connectivity index (χ1v) is 7.85. The number of nitrogens with one attached hydrogen (secondary N) is 2. The number of hydrogen-bond acceptors (Lipinski definition) is 4. The Morgan fingerprint density at radius 2 is 1.41 bits per heavy atom. The number of piperazine rings is 1. The van der Waals surface area contributed by atoms with Gasteiger partial charge in [-0.25, -0.2) is 0 Å². The van der Waals surface area contributed by atoms with E-state index in [1.807, 2.05) is 6.07 Å². The predicted octanol–water partition coefficient (Wildman–Crippen LogP) is 3.13. The fourth-order valence-corrected chi connectivity index (χ4v) is 2.68. The summed E-state index contributed by atoms with van der Waals surface area (Å²) in [6.45, 7) is 17.2. The second-order valence-electron chi connectivity index (χ2n) is 8.45. The molecule has 0 spiro atoms. The van der Waals surface area contributed by atoms with Crippen molar-refractivity contribution in [2.24, 2.45) is 0 Å². The highest BCUT2D eigenvalue weighted by atomic mass is 16.3. The molecule has 0 radical (unpaired) electrons. The van der Waals surface area contributed by atoms with E-state index in [2.05, 4.69) is 59.1 Å². The highest BCUT2D eigenvalue weighted by molar-refractivity contribution is 5.42. The van der Waals surface area contributed by atoms with Crippen molar-refractivity contribution < 1.29 is 10.2 Å². The summed E-state index contributed by atoms with van der Waals surface area (Å²) in [5.74, 6) is -0.120. The summed E-state index contributed by atoms with van der Waals surface area (Å²) in [5.41, 5.74) is 1.52. The third kappa shape index (κ3) is 5.85. The van der Waals surface area contributed by atoms with Crippen molar-refractivity contribution in [1.82, 2.24) is 10.6 Å². The molecule has 4 N–H and O–H groups in total. The Balaban J connectivity index is 0.000000224. The lowest BCUT2D eigenvalue weighted by atomic mass is 9.87. The molecule has 1 aliphatic rings. The van der Waals surface area contributed by atoms with Crippen LogP contribution in [-0.4, -0.2) is 34.4 Å². The first-order valence-electron chi connectivity index (χ1n) is 7.85. The summed E-state index contributed by atoms with van der Waals surface area (Å²) in [5, 5.41) is 25.2. The predicted molar refractivity (Wildman–Crippen MR) is 92.6 cm³/mol. The zero-order valence-electron chi connectivity index (χ0n) is 15.0. The normalized spacial score (nSPS) is 20.0. The molecule has 4 nitrogen and oxygen atoms in total. The van der Waals surface area contributed by atoms with Gasteiger partial charge in [0.2, 0.25) is 0 Å². The molecule has 0 unspecified atom stereocenters. The Kier molecular flexibility index (Phi) is 5.52. The fraction of sp³-hybridized carbons (Fsp3) is 0.667. The second-order valence-corrected chi connectivity index (χ2v) is 8.45. The Hall–Kier alpha value is -1.26. The van der Waals surface area contributed by atoms with Crippen molar-refractivity contribution >= 4 is 0 Å². The molecule has 0 aliphatic carbocycles. The lowest BCUT2D eigenvalue weighted by Crippen LogP contribution is -2.65. The van der Waals surface area contributed by atoms with E-state index in [-0.39, 0.29) is 28.0 Å². The van der Waals surface area contributed by atoms with E-state index >= 15 is 0 Å². The molecule has 0 atom stereocenters. The number of rotatable bonds is 0. The maximum Gasteiger partial charge on any atom is 0.157 e. The molecule has 1 fully saturated rings. The molecular formula is C18H32N2O2. The Morgan fingerprint density at radius 3 is 1.73 bits per heavy atom. The number of phenols is 2. The number of phenolic OH excluding ortho intramolecular Hbond substituents is 2. The third-order valence-electron chi connectivity index (χ3n) is 3.65. The van der Waals surface area contributed by atoms with Crippen LogP contribution in [0.4, 0.5) is 0 Å². The quantitative estimate of drug-likeness (QED) is 0.556. The van der Waals surface area contributed by atoms with Crippen LogP contribution in [0, 0.1) is 0 Å². The van der Waals surface area contributed by atoms with Gasteiger partial charge in [0.1, 0.15) is 0 Å². The number of aromatic hydroxyl groups is 2. The van der Waals surface area contributed by atoms with Gasteiger partial charge in [0.05, 0.1) is 0 Å². The van der Waals surface area contributed by atoms with Crippen molar-refractivity contribution in [3.05, 3.63) is 23.8 Å². The molecule has 1 aromatic carbocycles. The minimum atomic E-state index is -0.0667. The monoisotopic (exact) mass is 308 g/mol. The fourth-order valence-electron chi connectivity index (χ4n) is 2.68. The van der Waals surface area contributed by atoms with Gasteiger partial charge in [0, 0.05) is 24.2 Å². The summed E-state index contributed by atoms with van der Waals surface area (Å²) >= 11 is 0. The molecule has 4 heteroatoms. The third-order valence-corrected chi connectivity index (χ3v) is 3.65. The molecule has 0 saturated carbocycles. The lowest BCUT2D eigenvalue weighted by Gasteiger charge is -2.42. The average molecular weight is 308 g/mol. The molecule has 2 rings (SSSR count). The van der Waals surface area contributed by atoms with Gasteiger partial charge in [0.25, 0.3) is 0 Å². The first-order chi connectivity index (χ1) is 9.82. The summed E-state index contributed by atoms with van der Waals surface area (Å²) in [7, 11) is 0. The van der Waals surface area contributed by atoms with Crippen LogP contribution in [0.5, 0.6) is 11.5 Å². The van der Waals surface area contributed by atoms with Gasteiger partial charge in [-0.3, -0.25) is 0 Å². The van der Waals surface area contributed by atoms with E-state index in [0.29, 0.717) is 0 Å². The molecular weight excluding hydrogens is 276 g/mol. The summed E-state index contributed by atoms with van der Waals surface area (Å²) < 4.78 is 0. The van der Waals surface area contributed by atoms with Crippen LogP contribution >= 0.6 is 0 Å². The standard InChI is InChI=1S/C10H14O2.C8H18N2/c1-10(2,3)7-4-5-8(11)9(12)6-7;1-7(2)5-9-6-8(3,4)10-7/h4-6,11-12H,1-3H3;9-10H,5-6H2,1-4H3. The van der Waals surface area contributed by atoms with Gasteiger partial charge in [-0.15, -0.1) is 0 Å². The molecule has 1 heterocycles. The van der Waals surface area contributed by atoms with E-state index in [4.69, 9.17) is 5.11 Å². The second kappa shape index (κ2) is 6.47. The summed E-state index contributed by atoms with van der Waals surface area (Å²) in [6.07, 6.45) is 0. The zero-order chi connectivity index (χ0) is 17.2. The average Bonchev–Trinajstić information content (AvgIpc) is 2.29. The maximum absolute atomic E-state index is 9.21. The van der Waals surface area contributed by atoms with Crippen LogP contribution in [0.25, 0.3) is 0 Å². The Bertz CT molecular complexity index is 488. The molecule has 1 saturated heterocycles. The summed E-state index contributed by atoms with van der Waals surface area (Å²) in [6, 6.07) is 4.92. The Labute approximate surface area is 134 Å². The van der Waals surface area contributed by atoms with E-state index in [9.17, 15) is 5.11 Å². The maximum atomic E-state index is 9.21. The molecule has 1 aliphatic heterocycles. The van der Waals surface area contributed by atoms with E-state index in [1.165, 1.54) is 6.07 Å². The SMILES string of the molecule is CC(C)(C)c1ccc(O)c(O)c1.CC1(C)CNCC(C)(C)N1. The van der Waals surface area contributed by atoms with Crippen molar-refractivity contribution in [3.8, 4) is 11.5 Å². The van der Waals surface area contributed by atoms with Crippen LogP contribution < -0.4 is 10.6 Å². The van der Waals surface area contributed by atoms with E-state index in [0.717, 1.165) is 18.7 Å². The minimum Gasteiger partial charge on any atom is -0.504 e. The minimum absolute atomic E-state index is 0.00514. The van der Waals surface area contributed by atoms with Crippen molar-refractivity contribution in [1.29, 1.82) is 0 Å². The van der Waals surface area contributed by atoms with Gasteiger partial charge in [0.15, 0.2) is 11.5 Å². The highest BCUT2D eigenvalue weighted by Gasteiger charge is 2.31. The lowest BCUT2D eigenvalue weighted by molar-refractivity contribution is 0.201. The van der Waals surface area contributed by atoms with Gasteiger partial charge < -0.3 is 20.8 Å². The van der Waals surface area contributed by atoms with Crippen LogP contribution in [0.15, 0.2) is 18.2 Å². The molecule has 1 aromatic rings. The van der Waals surface area contributed by atoms with E-state index < -0.39 is 0 Å². The largest absolute Gasteiger partial charge is 0.504 e. The van der Waals surface area contributed by atoms with Crippen LogP contribution in [0.3, 0.4) is 0 Å².